The maximum absolute atomic E-state index is 12.3. The van der Waals surface area contributed by atoms with E-state index in [2.05, 4.69) is 5.16 Å². The van der Waals surface area contributed by atoms with Gasteiger partial charge < -0.3 is 9.42 Å². The molecule has 1 aliphatic heterocycles. The molecule has 1 unspecified atom stereocenters. The van der Waals surface area contributed by atoms with Crippen molar-refractivity contribution in [3.63, 3.8) is 0 Å². The quantitative estimate of drug-likeness (QED) is 0.857. The molecular formula is C13H14N2O4S2. The average molecular weight is 326 g/mol. The molecule has 8 heteroatoms. The summed E-state index contributed by atoms with van der Waals surface area (Å²) in [5.74, 6) is 0.379. The zero-order valence-electron chi connectivity index (χ0n) is 11.4. The molecule has 1 fully saturated rings. The van der Waals surface area contributed by atoms with Gasteiger partial charge in [-0.25, -0.2) is 8.42 Å². The first-order valence-electron chi connectivity index (χ1n) is 6.44. The van der Waals surface area contributed by atoms with E-state index in [1.54, 1.807) is 13.1 Å². The molecule has 1 amide bonds. The van der Waals surface area contributed by atoms with Gasteiger partial charge in [0.25, 0.3) is 5.91 Å². The maximum Gasteiger partial charge on any atom is 0.276 e. The first kappa shape index (κ1) is 14.3. The topological polar surface area (TPSA) is 80.5 Å². The molecule has 1 saturated heterocycles. The lowest BCUT2D eigenvalue weighted by Gasteiger charge is -2.21. The van der Waals surface area contributed by atoms with E-state index in [1.165, 1.54) is 16.2 Å². The Morgan fingerprint density at radius 2 is 2.33 bits per heavy atom. The predicted molar refractivity (Wildman–Crippen MR) is 79.0 cm³/mol. The standard InChI is InChI=1S/C13H14N2O4S2/c1-15(9-4-6-21(17,18)8-9)13(16)10-7-11(19-14-10)12-3-2-5-20-12/h2-3,5,7,9H,4,6,8H2,1H3. The Kier molecular flexibility index (Phi) is 3.58. The number of hydrogen-bond donors (Lipinski definition) is 0. The van der Waals surface area contributed by atoms with Gasteiger partial charge in [-0.05, 0) is 17.9 Å². The summed E-state index contributed by atoms with van der Waals surface area (Å²) in [6, 6.07) is 5.07. The fraction of sp³-hybridized carbons (Fsp3) is 0.385. The highest BCUT2D eigenvalue weighted by molar-refractivity contribution is 7.91. The van der Waals surface area contributed by atoms with Crippen LogP contribution in [-0.4, -0.2) is 49.0 Å². The summed E-state index contributed by atoms with van der Waals surface area (Å²) in [6.07, 6.45) is 0.472. The summed E-state index contributed by atoms with van der Waals surface area (Å²) in [6.45, 7) is 0. The lowest BCUT2D eigenvalue weighted by atomic mass is 10.2. The molecule has 2 aromatic rings. The molecule has 0 N–H and O–H groups in total. The van der Waals surface area contributed by atoms with E-state index in [-0.39, 0.29) is 29.1 Å². The van der Waals surface area contributed by atoms with Crippen molar-refractivity contribution in [1.29, 1.82) is 0 Å². The van der Waals surface area contributed by atoms with Crippen LogP contribution in [0.4, 0.5) is 0 Å². The average Bonchev–Trinajstić information content (AvgIpc) is 3.16. The van der Waals surface area contributed by atoms with E-state index in [0.29, 0.717) is 12.2 Å². The van der Waals surface area contributed by atoms with E-state index in [0.717, 1.165) is 4.88 Å². The smallest absolute Gasteiger partial charge is 0.276 e. The van der Waals surface area contributed by atoms with Crippen LogP contribution in [-0.2, 0) is 9.84 Å². The Bertz CT molecular complexity index is 749. The SMILES string of the molecule is CN(C(=O)c1cc(-c2cccs2)on1)C1CCS(=O)(=O)C1. The molecule has 0 aromatic carbocycles. The second-order valence-corrected chi connectivity index (χ2v) is 8.20. The lowest BCUT2D eigenvalue weighted by molar-refractivity contribution is 0.0737. The van der Waals surface area contributed by atoms with Crippen LogP contribution in [0.15, 0.2) is 28.1 Å². The zero-order chi connectivity index (χ0) is 15.0. The number of sulfone groups is 1. The third-order valence-electron chi connectivity index (χ3n) is 3.57. The number of amides is 1. The van der Waals surface area contributed by atoms with Gasteiger partial charge in [-0.2, -0.15) is 0 Å². The van der Waals surface area contributed by atoms with Crippen LogP contribution < -0.4 is 0 Å². The first-order chi connectivity index (χ1) is 9.96. The molecule has 2 aromatic heterocycles. The van der Waals surface area contributed by atoms with Gasteiger partial charge in [0, 0.05) is 19.2 Å². The molecular weight excluding hydrogens is 312 g/mol. The van der Waals surface area contributed by atoms with Crippen LogP contribution in [0, 0.1) is 0 Å². The third-order valence-corrected chi connectivity index (χ3v) is 6.20. The largest absolute Gasteiger partial charge is 0.355 e. The van der Waals surface area contributed by atoms with Crippen molar-refractivity contribution < 1.29 is 17.7 Å². The summed E-state index contributed by atoms with van der Waals surface area (Å²) in [5, 5.41) is 5.70. The number of rotatable bonds is 3. The Balaban J connectivity index is 1.76. The number of thiophene rings is 1. The van der Waals surface area contributed by atoms with Gasteiger partial charge in [0.1, 0.15) is 0 Å². The Morgan fingerprint density at radius 1 is 1.52 bits per heavy atom. The molecule has 112 valence electrons. The second kappa shape index (κ2) is 5.27. The Hall–Kier alpha value is -1.67. The first-order valence-corrected chi connectivity index (χ1v) is 9.14. The minimum Gasteiger partial charge on any atom is -0.355 e. The lowest BCUT2D eigenvalue weighted by Crippen LogP contribution is -2.37. The Labute approximate surface area is 126 Å². The van der Waals surface area contributed by atoms with Gasteiger partial charge in [0.05, 0.1) is 16.4 Å². The summed E-state index contributed by atoms with van der Waals surface area (Å²) < 4.78 is 28.2. The van der Waals surface area contributed by atoms with Crippen molar-refractivity contribution in [3.8, 4) is 10.6 Å². The normalized spacial score (nSPS) is 20.5. The minimum atomic E-state index is -3.02. The molecule has 0 saturated carbocycles. The third kappa shape index (κ3) is 2.86. The van der Waals surface area contributed by atoms with E-state index in [1.807, 2.05) is 17.5 Å². The highest BCUT2D eigenvalue weighted by atomic mass is 32.2. The molecule has 3 rings (SSSR count). The fourth-order valence-corrected chi connectivity index (χ4v) is 4.79. The van der Waals surface area contributed by atoms with E-state index in [9.17, 15) is 13.2 Å². The van der Waals surface area contributed by atoms with Crippen LogP contribution in [0.2, 0.25) is 0 Å². The maximum atomic E-state index is 12.3. The van der Waals surface area contributed by atoms with Crippen LogP contribution in [0.3, 0.4) is 0 Å². The van der Waals surface area contributed by atoms with Gasteiger partial charge in [0.15, 0.2) is 21.3 Å². The monoisotopic (exact) mass is 326 g/mol. The van der Waals surface area contributed by atoms with Crippen molar-refractivity contribution in [2.24, 2.45) is 0 Å². The highest BCUT2D eigenvalue weighted by Crippen LogP contribution is 2.26. The van der Waals surface area contributed by atoms with Crippen LogP contribution in [0.1, 0.15) is 16.9 Å². The predicted octanol–water partition coefficient (Wildman–Crippen LogP) is 1.66. The summed E-state index contributed by atoms with van der Waals surface area (Å²) in [4.78, 5) is 14.7. The van der Waals surface area contributed by atoms with Crippen molar-refractivity contribution in [2.45, 2.75) is 12.5 Å². The summed E-state index contributed by atoms with van der Waals surface area (Å²) in [7, 11) is -1.42. The molecule has 0 radical (unpaired) electrons. The number of aromatic nitrogens is 1. The zero-order valence-corrected chi connectivity index (χ0v) is 13.0. The van der Waals surface area contributed by atoms with E-state index >= 15 is 0 Å². The second-order valence-electron chi connectivity index (χ2n) is 5.03. The fourth-order valence-electron chi connectivity index (χ4n) is 2.34. The molecule has 0 spiro atoms. The van der Waals surface area contributed by atoms with Crippen molar-refractivity contribution in [2.75, 3.05) is 18.6 Å². The summed E-state index contributed by atoms with van der Waals surface area (Å²) in [5.41, 5.74) is 0.199. The van der Waals surface area contributed by atoms with Gasteiger partial charge in [-0.1, -0.05) is 11.2 Å². The van der Waals surface area contributed by atoms with Crippen molar-refractivity contribution in [1.82, 2.24) is 10.1 Å². The Morgan fingerprint density at radius 3 is 2.95 bits per heavy atom. The molecule has 21 heavy (non-hydrogen) atoms. The minimum absolute atomic E-state index is 0.0187. The molecule has 0 bridgehead atoms. The van der Waals surface area contributed by atoms with Gasteiger partial charge >= 0.3 is 0 Å². The molecule has 6 nitrogen and oxygen atoms in total. The van der Waals surface area contributed by atoms with Crippen molar-refractivity contribution >= 4 is 27.1 Å². The molecule has 1 atom stereocenters. The van der Waals surface area contributed by atoms with Crippen molar-refractivity contribution in [3.05, 3.63) is 29.3 Å². The van der Waals surface area contributed by atoms with Crippen LogP contribution in [0.5, 0.6) is 0 Å². The number of carbonyl (C=O) groups excluding carboxylic acids is 1. The van der Waals surface area contributed by atoms with Crippen LogP contribution in [0.25, 0.3) is 10.6 Å². The number of carbonyl (C=O) groups is 1. The molecule has 3 heterocycles. The summed E-state index contributed by atoms with van der Waals surface area (Å²) >= 11 is 1.50. The van der Waals surface area contributed by atoms with E-state index < -0.39 is 9.84 Å². The van der Waals surface area contributed by atoms with E-state index in [4.69, 9.17) is 4.52 Å². The number of nitrogens with zero attached hydrogens (tertiary/aromatic N) is 2. The number of hydrogen-bond acceptors (Lipinski definition) is 6. The van der Waals surface area contributed by atoms with Gasteiger partial charge in [-0.3, -0.25) is 4.79 Å². The highest BCUT2D eigenvalue weighted by Gasteiger charge is 2.33. The molecule has 0 aliphatic carbocycles. The molecule has 1 aliphatic rings. The van der Waals surface area contributed by atoms with Gasteiger partial charge in [0.2, 0.25) is 0 Å². The van der Waals surface area contributed by atoms with Crippen LogP contribution >= 0.6 is 11.3 Å². The van der Waals surface area contributed by atoms with Gasteiger partial charge in [-0.15, -0.1) is 11.3 Å².